The maximum atomic E-state index is 13.1. The van der Waals surface area contributed by atoms with Crippen molar-refractivity contribution in [3.05, 3.63) is 57.9 Å². The first-order chi connectivity index (χ1) is 12.7. The summed E-state index contributed by atoms with van der Waals surface area (Å²) in [6.07, 6.45) is 0. The second-order valence-corrected chi connectivity index (χ2v) is 6.61. The number of methoxy groups -OCH3 is 1. The number of hydrogen-bond donors (Lipinski definition) is 1. The number of esters is 1. The van der Waals surface area contributed by atoms with E-state index in [0.29, 0.717) is 28.9 Å². The minimum atomic E-state index is -0.664. The number of carbonyl (C=O) groups is 3. The number of aromatic amines is 1. The molecule has 6 nitrogen and oxygen atoms in total. The molecular weight excluding hydrogens is 344 g/mol. The molecule has 144 valence electrons. The van der Waals surface area contributed by atoms with Gasteiger partial charge in [0.1, 0.15) is 5.69 Å². The number of aryl methyl sites for hydroxylation is 2. The average Bonchev–Trinajstić information content (AvgIpc) is 2.95. The fourth-order valence-corrected chi connectivity index (χ4v) is 3.23. The summed E-state index contributed by atoms with van der Waals surface area (Å²) in [5, 5.41) is 0. The van der Waals surface area contributed by atoms with Crippen LogP contribution in [0, 0.1) is 20.8 Å². The van der Waals surface area contributed by atoms with Gasteiger partial charge in [-0.15, -0.1) is 0 Å². The summed E-state index contributed by atoms with van der Waals surface area (Å²) < 4.78 is 4.75. The highest BCUT2D eigenvalue weighted by Crippen LogP contribution is 2.22. The molecule has 2 aromatic rings. The topological polar surface area (TPSA) is 79.5 Å². The second-order valence-electron chi connectivity index (χ2n) is 6.61. The Labute approximate surface area is 159 Å². The van der Waals surface area contributed by atoms with E-state index in [1.165, 1.54) is 12.0 Å². The van der Waals surface area contributed by atoms with Gasteiger partial charge in [0.2, 0.25) is 0 Å². The Morgan fingerprint density at radius 2 is 1.70 bits per heavy atom. The van der Waals surface area contributed by atoms with Gasteiger partial charge in [0.15, 0.2) is 5.78 Å². The highest BCUT2D eigenvalue weighted by atomic mass is 16.5. The van der Waals surface area contributed by atoms with Gasteiger partial charge in [-0.1, -0.05) is 17.7 Å². The van der Waals surface area contributed by atoms with E-state index in [1.54, 1.807) is 32.9 Å². The van der Waals surface area contributed by atoms with Crippen molar-refractivity contribution in [3.63, 3.8) is 0 Å². The number of rotatable bonds is 6. The van der Waals surface area contributed by atoms with E-state index in [2.05, 4.69) is 4.98 Å². The molecule has 0 aliphatic carbocycles. The summed E-state index contributed by atoms with van der Waals surface area (Å²) in [5.74, 6) is -0.929. The zero-order valence-corrected chi connectivity index (χ0v) is 16.7. The van der Waals surface area contributed by atoms with Crippen LogP contribution in [0.4, 0.5) is 0 Å². The molecule has 0 aliphatic heterocycles. The molecule has 0 fully saturated rings. The summed E-state index contributed by atoms with van der Waals surface area (Å²) in [6, 6.07) is 6.61. The molecule has 0 saturated heterocycles. The van der Waals surface area contributed by atoms with E-state index in [9.17, 15) is 14.4 Å². The first kappa shape index (κ1) is 20.4. The number of nitrogens with one attached hydrogen (secondary N) is 1. The molecule has 2 rings (SSSR count). The van der Waals surface area contributed by atoms with Gasteiger partial charge in [-0.3, -0.25) is 9.59 Å². The van der Waals surface area contributed by atoms with E-state index < -0.39 is 12.0 Å². The van der Waals surface area contributed by atoms with Gasteiger partial charge in [-0.05, 0) is 52.3 Å². The van der Waals surface area contributed by atoms with Crippen LogP contribution in [-0.4, -0.2) is 47.2 Å². The third kappa shape index (κ3) is 3.94. The minimum absolute atomic E-state index is 0.197. The molecule has 0 unspecified atom stereocenters. The lowest BCUT2D eigenvalue weighted by atomic mass is 9.99. The molecule has 1 aromatic carbocycles. The SMILES string of the molecule is CCN(C(=O)c1ccc(C)cc1)[C@@H](C)C(=O)c1c(C)[nH]c(C(=O)OC)c1C. The summed E-state index contributed by atoms with van der Waals surface area (Å²) in [7, 11) is 1.29. The van der Waals surface area contributed by atoms with E-state index in [4.69, 9.17) is 4.74 Å². The van der Waals surface area contributed by atoms with Crippen LogP contribution in [0.5, 0.6) is 0 Å². The van der Waals surface area contributed by atoms with Crippen molar-refractivity contribution in [2.24, 2.45) is 0 Å². The molecule has 6 heteroatoms. The number of aromatic nitrogens is 1. The number of H-pyrrole nitrogens is 1. The van der Waals surface area contributed by atoms with E-state index >= 15 is 0 Å². The number of nitrogens with zero attached hydrogens (tertiary/aromatic N) is 1. The van der Waals surface area contributed by atoms with Crippen LogP contribution in [0.1, 0.15) is 61.9 Å². The highest BCUT2D eigenvalue weighted by molar-refractivity contribution is 6.07. The van der Waals surface area contributed by atoms with Crippen molar-refractivity contribution in [1.82, 2.24) is 9.88 Å². The van der Waals surface area contributed by atoms with Crippen molar-refractivity contribution >= 4 is 17.7 Å². The largest absolute Gasteiger partial charge is 0.464 e. The van der Waals surface area contributed by atoms with Crippen molar-refractivity contribution in [2.45, 2.75) is 40.7 Å². The van der Waals surface area contributed by atoms with Crippen LogP contribution in [0.25, 0.3) is 0 Å². The van der Waals surface area contributed by atoms with Gasteiger partial charge in [0.25, 0.3) is 5.91 Å². The van der Waals surface area contributed by atoms with E-state index in [1.807, 2.05) is 26.0 Å². The van der Waals surface area contributed by atoms with Crippen LogP contribution in [0.2, 0.25) is 0 Å². The maximum absolute atomic E-state index is 13.1. The van der Waals surface area contributed by atoms with Crippen LogP contribution in [0.15, 0.2) is 24.3 Å². The zero-order chi connectivity index (χ0) is 20.3. The van der Waals surface area contributed by atoms with Gasteiger partial charge in [-0.2, -0.15) is 0 Å². The van der Waals surface area contributed by atoms with Gasteiger partial charge in [-0.25, -0.2) is 4.79 Å². The lowest BCUT2D eigenvalue weighted by Crippen LogP contribution is -2.43. The molecule has 1 N–H and O–H groups in total. The first-order valence-corrected chi connectivity index (χ1v) is 8.92. The normalized spacial score (nSPS) is 11.8. The Morgan fingerprint density at radius 3 is 2.22 bits per heavy atom. The summed E-state index contributed by atoms with van der Waals surface area (Å²) in [4.78, 5) is 42.4. The number of ketones is 1. The predicted molar refractivity (Wildman–Crippen MR) is 103 cm³/mol. The minimum Gasteiger partial charge on any atom is -0.464 e. The number of hydrogen-bond acceptors (Lipinski definition) is 4. The molecule has 1 atom stereocenters. The van der Waals surface area contributed by atoms with Gasteiger partial charge in [0.05, 0.1) is 13.2 Å². The summed E-state index contributed by atoms with van der Waals surface area (Å²) >= 11 is 0. The molecule has 0 radical (unpaired) electrons. The average molecular weight is 370 g/mol. The fourth-order valence-electron chi connectivity index (χ4n) is 3.23. The standard InChI is InChI=1S/C21H26N2O4/c1-7-23(20(25)16-10-8-12(2)9-11-16)15(5)19(24)17-13(3)18(21(26)27-6)22-14(17)4/h8-11,15,22H,7H2,1-6H3/t15-/m0/s1. The monoisotopic (exact) mass is 370 g/mol. The van der Waals surface area contributed by atoms with Gasteiger partial charge >= 0.3 is 5.97 Å². The Kier molecular flexibility index (Phi) is 6.20. The lowest BCUT2D eigenvalue weighted by Gasteiger charge is -2.27. The quantitative estimate of drug-likeness (QED) is 0.624. The number of carbonyl (C=O) groups excluding carboxylic acids is 3. The lowest BCUT2D eigenvalue weighted by molar-refractivity contribution is 0.0593. The number of Topliss-reactive ketones (excluding diaryl/α,β-unsaturated/α-hetero) is 1. The van der Waals surface area contributed by atoms with Crippen molar-refractivity contribution < 1.29 is 19.1 Å². The fraction of sp³-hybridized carbons (Fsp3) is 0.381. The predicted octanol–water partition coefficient (Wildman–Crippen LogP) is 3.46. The van der Waals surface area contributed by atoms with Gasteiger partial charge < -0.3 is 14.6 Å². The molecule has 0 aliphatic rings. The third-order valence-electron chi connectivity index (χ3n) is 4.82. The molecule has 0 spiro atoms. The van der Waals surface area contributed by atoms with Crippen molar-refractivity contribution in [3.8, 4) is 0 Å². The second kappa shape index (κ2) is 8.20. The Morgan fingerprint density at radius 1 is 1.11 bits per heavy atom. The molecular formula is C21H26N2O4. The van der Waals surface area contributed by atoms with Crippen LogP contribution < -0.4 is 0 Å². The number of amides is 1. The molecule has 1 heterocycles. The number of ether oxygens (including phenoxy) is 1. The third-order valence-corrected chi connectivity index (χ3v) is 4.82. The van der Waals surface area contributed by atoms with Crippen LogP contribution >= 0.6 is 0 Å². The first-order valence-electron chi connectivity index (χ1n) is 8.92. The Balaban J connectivity index is 2.34. The van der Waals surface area contributed by atoms with E-state index in [0.717, 1.165) is 5.56 Å². The van der Waals surface area contributed by atoms with Crippen molar-refractivity contribution in [1.29, 1.82) is 0 Å². The van der Waals surface area contributed by atoms with Crippen LogP contribution in [0.3, 0.4) is 0 Å². The van der Waals surface area contributed by atoms with Gasteiger partial charge in [0, 0.05) is 23.4 Å². The summed E-state index contributed by atoms with van der Waals surface area (Å²) in [5.41, 5.74) is 3.42. The smallest absolute Gasteiger partial charge is 0.354 e. The molecule has 0 bridgehead atoms. The molecule has 1 aromatic heterocycles. The molecule has 1 amide bonds. The van der Waals surface area contributed by atoms with Crippen LogP contribution in [-0.2, 0) is 4.74 Å². The van der Waals surface area contributed by atoms with Crippen molar-refractivity contribution in [2.75, 3.05) is 13.7 Å². The highest BCUT2D eigenvalue weighted by Gasteiger charge is 2.30. The number of benzene rings is 1. The molecule has 27 heavy (non-hydrogen) atoms. The zero-order valence-electron chi connectivity index (χ0n) is 16.7. The maximum Gasteiger partial charge on any atom is 0.354 e. The molecule has 0 saturated carbocycles. The Hall–Kier alpha value is -2.89. The number of likely N-dealkylation sites (N-methyl/N-ethyl adjacent to an activating group) is 1. The van der Waals surface area contributed by atoms with E-state index in [-0.39, 0.29) is 17.4 Å². The summed E-state index contributed by atoms with van der Waals surface area (Å²) in [6.45, 7) is 9.33. The Bertz CT molecular complexity index is 865.